The number of nitrogens with one attached hydrogen (secondary N) is 2. The van der Waals surface area contributed by atoms with Gasteiger partial charge in [0.05, 0.1) is 6.61 Å². The predicted octanol–water partition coefficient (Wildman–Crippen LogP) is 8.43. The van der Waals surface area contributed by atoms with Gasteiger partial charge in [0, 0.05) is 23.4 Å². The molecule has 0 bridgehead atoms. The Kier molecular flexibility index (Phi) is 16.1. The lowest BCUT2D eigenvalue weighted by atomic mass is 10.1. The summed E-state index contributed by atoms with van der Waals surface area (Å²) in [5, 5.41) is 6.41. The maximum absolute atomic E-state index is 13.0. The number of rotatable bonds is 19. The molecule has 37 heavy (non-hydrogen) atoms. The summed E-state index contributed by atoms with van der Waals surface area (Å²) in [5.74, 6) is 1.79. The zero-order valence-corrected chi connectivity index (χ0v) is 24.7. The fraction of sp³-hybridized carbons (Fsp3) is 0.548. The van der Waals surface area contributed by atoms with Gasteiger partial charge in [0.15, 0.2) is 0 Å². The molecule has 204 valence electrons. The molecule has 0 aliphatic rings. The SMILES string of the molecule is CCCCCCCCCCCOc1ccc(C(=O)Nc2cc(C(=S)NCCCSC)ccc2CC)cc1. The first-order chi connectivity index (χ1) is 18.1. The fourth-order valence-electron chi connectivity index (χ4n) is 4.16. The smallest absolute Gasteiger partial charge is 0.255 e. The monoisotopic (exact) mass is 542 g/mol. The number of carbonyl (C=O) groups is 1. The molecule has 1 amide bonds. The van der Waals surface area contributed by atoms with Crippen molar-refractivity contribution in [2.24, 2.45) is 0 Å². The molecule has 2 aromatic rings. The normalized spacial score (nSPS) is 10.8. The number of amides is 1. The summed E-state index contributed by atoms with van der Waals surface area (Å²) in [4.78, 5) is 13.7. The fourth-order valence-corrected chi connectivity index (χ4v) is 4.82. The number of hydrogen-bond acceptors (Lipinski definition) is 4. The van der Waals surface area contributed by atoms with E-state index >= 15 is 0 Å². The average molecular weight is 543 g/mol. The van der Waals surface area contributed by atoms with Gasteiger partial charge in [0.25, 0.3) is 5.91 Å². The molecule has 0 aliphatic heterocycles. The maximum atomic E-state index is 13.0. The Morgan fingerprint density at radius 3 is 2.16 bits per heavy atom. The van der Waals surface area contributed by atoms with E-state index in [1.165, 1.54) is 51.4 Å². The van der Waals surface area contributed by atoms with Crippen LogP contribution in [0.5, 0.6) is 5.75 Å². The summed E-state index contributed by atoms with van der Waals surface area (Å²) >= 11 is 7.40. The van der Waals surface area contributed by atoms with Gasteiger partial charge in [-0.1, -0.05) is 89.6 Å². The van der Waals surface area contributed by atoms with Crippen LogP contribution in [-0.2, 0) is 6.42 Å². The number of carbonyl (C=O) groups excluding carboxylic acids is 1. The molecule has 0 fully saturated rings. The Bertz CT molecular complexity index is 931. The van der Waals surface area contributed by atoms with Gasteiger partial charge in [-0.05, 0) is 67.2 Å². The molecule has 0 unspecified atom stereocenters. The second-order valence-corrected chi connectivity index (χ2v) is 10.9. The van der Waals surface area contributed by atoms with Gasteiger partial charge in [0.2, 0.25) is 0 Å². The van der Waals surface area contributed by atoms with E-state index < -0.39 is 0 Å². The number of anilines is 1. The summed E-state index contributed by atoms with van der Waals surface area (Å²) in [6.45, 7) is 5.92. The van der Waals surface area contributed by atoms with E-state index in [0.29, 0.717) is 10.6 Å². The minimum absolute atomic E-state index is 0.129. The van der Waals surface area contributed by atoms with Crippen molar-refractivity contribution in [2.45, 2.75) is 84.5 Å². The lowest BCUT2D eigenvalue weighted by Gasteiger charge is -2.14. The first-order valence-corrected chi connectivity index (χ1v) is 15.8. The second kappa shape index (κ2) is 19.1. The molecular formula is C31H46N2O2S2. The van der Waals surface area contributed by atoms with Crippen molar-refractivity contribution < 1.29 is 9.53 Å². The van der Waals surface area contributed by atoms with E-state index in [9.17, 15) is 4.79 Å². The number of ether oxygens (including phenoxy) is 1. The molecule has 0 atom stereocenters. The second-order valence-electron chi connectivity index (χ2n) is 9.48. The van der Waals surface area contributed by atoms with Crippen molar-refractivity contribution in [1.82, 2.24) is 5.32 Å². The Labute approximate surface area is 234 Å². The van der Waals surface area contributed by atoms with Crippen LogP contribution in [0, 0.1) is 0 Å². The van der Waals surface area contributed by atoms with Gasteiger partial charge < -0.3 is 15.4 Å². The van der Waals surface area contributed by atoms with Crippen LogP contribution in [0.4, 0.5) is 5.69 Å². The van der Waals surface area contributed by atoms with Crippen LogP contribution in [0.1, 0.15) is 99.5 Å². The van der Waals surface area contributed by atoms with Gasteiger partial charge in [-0.15, -0.1) is 0 Å². The molecule has 0 saturated heterocycles. The van der Waals surface area contributed by atoms with Crippen molar-refractivity contribution >= 4 is 40.6 Å². The van der Waals surface area contributed by atoms with Gasteiger partial charge in [0.1, 0.15) is 10.7 Å². The molecule has 0 saturated carbocycles. The van der Waals surface area contributed by atoms with Crippen LogP contribution < -0.4 is 15.4 Å². The highest BCUT2D eigenvalue weighted by Gasteiger charge is 2.11. The first-order valence-electron chi connectivity index (χ1n) is 14.0. The maximum Gasteiger partial charge on any atom is 0.255 e. The summed E-state index contributed by atoms with van der Waals surface area (Å²) < 4.78 is 5.89. The Morgan fingerprint density at radius 2 is 1.51 bits per heavy atom. The van der Waals surface area contributed by atoms with Crippen LogP contribution >= 0.6 is 24.0 Å². The predicted molar refractivity (Wildman–Crippen MR) is 166 cm³/mol. The molecule has 2 N–H and O–H groups in total. The number of hydrogen-bond donors (Lipinski definition) is 2. The molecule has 0 aromatic heterocycles. The van der Waals surface area contributed by atoms with Gasteiger partial charge in [-0.3, -0.25) is 4.79 Å². The summed E-state index contributed by atoms with van der Waals surface area (Å²) in [6, 6.07) is 13.5. The van der Waals surface area contributed by atoms with E-state index in [1.807, 2.05) is 54.2 Å². The van der Waals surface area contributed by atoms with Crippen molar-refractivity contribution in [3.05, 3.63) is 59.2 Å². The molecular weight excluding hydrogens is 496 g/mol. The Hall–Kier alpha value is -2.05. The van der Waals surface area contributed by atoms with E-state index in [2.05, 4.69) is 30.7 Å². The van der Waals surface area contributed by atoms with Crippen LogP contribution in [0.2, 0.25) is 0 Å². The summed E-state index contributed by atoms with van der Waals surface area (Å²) in [6.07, 6.45) is 15.7. The van der Waals surface area contributed by atoms with Crippen LogP contribution in [0.15, 0.2) is 42.5 Å². The van der Waals surface area contributed by atoms with Gasteiger partial charge in [-0.2, -0.15) is 11.8 Å². The van der Waals surface area contributed by atoms with Crippen LogP contribution in [0.3, 0.4) is 0 Å². The molecule has 0 spiro atoms. The van der Waals surface area contributed by atoms with E-state index in [1.54, 1.807) is 0 Å². The lowest BCUT2D eigenvalue weighted by molar-refractivity contribution is 0.102. The number of thiocarbonyl (C=S) groups is 1. The van der Waals surface area contributed by atoms with E-state index in [0.717, 1.165) is 60.7 Å². The lowest BCUT2D eigenvalue weighted by Crippen LogP contribution is -2.24. The highest BCUT2D eigenvalue weighted by atomic mass is 32.2. The quantitative estimate of drug-likeness (QED) is 0.138. The third-order valence-corrected chi connectivity index (χ3v) is 7.52. The van der Waals surface area contributed by atoms with Crippen molar-refractivity contribution in [3.63, 3.8) is 0 Å². The van der Waals surface area contributed by atoms with Crippen molar-refractivity contribution in [2.75, 3.05) is 30.5 Å². The van der Waals surface area contributed by atoms with Crippen molar-refractivity contribution in [1.29, 1.82) is 0 Å². The molecule has 2 aromatic carbocycles. The van der Waals surface area contributed by atoms with Gasteiger partial charge >= 0.3 is 0 Å². The molecule has 0 heterocycles. The zero-order valence-electron chi connectivity index (χ0n) is 23.1. The number of benzene rings is 2. The third-order valence-electron chi connectivity index (χ3n) is 6.45. The highest BCUT2D eigenvalue weighted by molar-refractivity contribution is 7.98. The van der Waals surface area contributed by atoms with Crippen LogP contribution in [0.25, 0.3) is 0 Å². The third kappa shape index (κ3) is 12.4. The molecule has 6 heteroatoms. The standard InChI is InChI=1S/C31H46N2O2S2/c1-4-6-7-8-9-10-11-12-13-22-35-28-19-17-26(18-20-28)30(34)33-29-24-27(16-15-25(29)5-2)31(36)32-21-14-23-37-3/h15-20,24H,4-14,21-23H2,1-3H3,(H,32,36)(H,33,34). The minimum atomic E-state index is -0.129. The van der Waals surface area contributed by atoms with E-state index in [4.69, 9.17) is 17.0 Å². The Morgan fingerprint density at radius 1 is 0.865 bits per heavy atom. The van der Waals surface area contributed by atoms with Crippen LogP contribution in [-0.4, -0.2) is 36.1 Å². The highest BCUT2D eigenvalue weighted by Crippen LogP contribution is 2.21. The Balaban J connectivity index is 1.79. The van der Waals surface area contributed by atoms with Gasteiger partial charge in [-0.25, -0.2) is 0 Å². The number of unbranched alkanes of at least 4 members (excludes halogenated alkanes) is 8. The summed E-state index contributed by atoms with van der Waals surface area (Å²) in [5.41, 5.74) is 3.43. The summed E-state index contributed by atoms with van der Waals surface area (Å²) in [7, 11) is 0. The molecule has 0 aliphatic carbocycles. The number of aryl methyl sites for hydroxylation is 1. The molecule has 2 rings (SSSR count). The molecule has 4 nitrogen and oxygen atoms in total. The zero-order chi connectivity index (χ0) is 26.7. The van der Waals surface area contributed by atoms with E-state index in [-0.39, 0.29) is 5.91 Å². The topological polar surface area (TPSA) is 50.4 Å². The van der Waals surface area contributed by atoms with Crippen molar-refractivity contribution in [3.8, 4) is 5.75 Å². The minimum Gasteiger partial charge on any atom is -0.494 e. The molecule has 0 radical (unpaired) electrons. The average Bonchev–Trinajstić information content (AvgIpc) is 2.92. The largest absolute Gasteiger partial charge is 0.494 e. The number of thioether (sulfide) groups is 1. The first kappa shape index (κ1) is 31.2.